The summed E-state index contributed by atoms with van der Waals surface area (Å²) in [5, 5.41) is 12.0. The number of hydrogen-bond donors (Lipinski definition) is 1. The zero-order valence-corrected chi connectivity index (χ0v) is 12.7. The summed E-state index contributed by atoms with van der Waals surface area (Å²) < 4.78 is 5.04. The molecule has 22 heavy (non-hydrogen) atoms. The smallest absolute Gasteiger partial charge is 0.338 e. The van der Waals surface area contributed by atoms with Crippen LogP contribution in [0.4, 0.5) is 0 Å². The molecule has 0 bridgehead atoms. The van der Waals surface area contributed by atoms with Crippen molar-refractivity contribution in [2.75, 3.05) is 6.61 Å². The molecule has 0 radical (unpaired) electrons. The van der Waals surface area contributed by atoms with Crippen LogP contribution in [0.1, 0.15) is 48.0 Å². The van der Waals surface area contributed by atoms with E-state index in [4.69, 9.17) is 4.74 Å². The molecule has 5 nitrogen and oxygen atoms in total. The number of nitrogens with zero attached hydrogens (tertiary/aromatic N) is 1. The average Bonchev–Trinajstić information content (AvgIpc) is 2.54. The molecule has 1 aromatic rings. The monoisotopic (exact) mass is 300 g/mol. The van der Waals surface area contributed by atoms with Crippen LogP contribution in [0.5, 0.6) is 0 Å². The van der Waals surface area contributed by atoms with E-state index in [1.54, 1.807) is 12.1 Å². The minimum absolute atomic E-state index is 0.364. The number of carbonyl (C=O) groups excluding carboxylic acids is 2. The van der Waals surface area contributed by atoms with Gasteiger partial charge in [-0.3, -0.25) is 4.79 Å². The lowest BCUT2D eigenvalue weighted by Gasteiger charge is -2.31. The molecule has 1 amide bonds. The Bertz CT molecular complexity index is 598. The first-order valence-corrected chi connectivity index (χ1v) is 7.51. The van der Waals surface area contributed by atoms with Crippen molar-refractivity contribution >= 4 is 11.9 Å². The first-order valence-electron chi connectivity index (χ1n) is 7.51. The van der Waals surface area contributed by atoms with E-state index in [0.29, 0.717) is 18.4 Å². The quantitative estimate of drug-likeness (QED) is 0.866. The number of nitriles is 1. The number of ether oxygens (including phenoxy) is 1. The summed E-state index contributed by atoms with van der Waals surface area (Å²) in [5.41, 5.74) is 0.446. The Kier molecular flexibility index (Phi) is 5.16. The zero-order chi connectivity index (χ0) is 16.0. The molecule has 116 valence electrons. The van der Waals surface area contributed by atoms with Crippen LogP contribution in [0.25, 0.3) is 0 Å². The van der Waals surface area contributed by atoms with Gasteiger partial charge in [-0.25, -0.2) is 4.79 Å². The van der Waals surface area contributed by atoms with Gasteiger partial charge in [0.25, 0.3) is 5.91 Å². The van der Waals surface area contributed by atoms with Gasteiger partial charge in [0, 0.05) is 0 Å². The van der Waals surface area contributed by atoms with Crippen molar-refractivity contribution in [2.24, 2.45) is 0 Å². The van der Waals surface area contributed by atoms with Gasteiger partial charge in [-0.05, 0) is 31.4 Å². The van der Waals surface area contributed by atoms with E-state index in [9.17, 15) is 14.9 Å². The van der Waals surface area contributed by atoms with Gasteiger partial charge < -0.3 is 10.1 Å². The van der Waals surface area contributed by atoms with Crippen LogP contribution in [0.3, 0.4) is 0 Å². The molecule has 1 saturated carbocycles. The summed E-state index contributed by atoms with van der Waals surface area (Å²) in [4.78, 5) is 23.9. The molecule has 1 fully saturated rings. The van der Waals surface area contributed by atoms with E-state index in [1.165, 1.54) is 0 Å². The Morgan fingerprint density at radius 2 is 1.95 bits per heavy atom. The average molecular weight is 300 g/mol. The molecule has 1 aliphatic rings. The van der Waals surface area contributed by atoms with Crippen LogP contribution in [0.2, 0.25) is 0 Å². The van der Waals surface area contributed by atoms with Gasteiger partial charge in [-0.2, -0.15) is 5.26 Å². The van der Waals surface area contributed by atoms with E-state index >= 15 is 0 Å². The lowest BCUT2D eigenvalue weighted by Crippen LogP contribution is -2.50. The molecule has 0 unspecified atom stereocenters. The minimum atomic E-state index is -0.801. The molecule has 1 aliphatic carbocycles. The van der Waals surface area contributed by atoms with Gasteiger partial charge in [-0.1, -0.05) is 37.5 Å². The second kappa shape index (κ2) is 7.08. The third-order valence-corrected chi connectivity index (χ3v) is 4.00. The number of nitrogens with one attached hydrogen (secondary N) is 1. The number of rotatable bonds is 4. The normalized spacial score (nSPS) is 16.4. The number of amides is 1. The maximum absolute atomic E-state index is 12.0. The summed E-state index contributed by atoms with van der Waals surface area (Å²) in [5.74, 6) is -0.951. The minimum Gasteiger partial charge on any atom is -0.452 e. The number of carbonyl (C=O) groups is 2. The topological polar surface area (TPSA) is 79.2 Å². The third kappa shape index (κ3) is 3.85. The van der Waals surface area contributed by atoms with Crippen LogP contribution in [-0.2, 0) is 9.53 Å². The molecule has 0 heterocycles. The maximum Gasteiger partial charge on any atom is 0.338 e. The molecule has 0 spiro atoms. The fraction of sp³-hybridized carbons (Fsp3) is 0.471. The highest BCUT2D eigenvalue weighted by molar-refractivity contribution is 5.92. The summed E-state index contributed by atoms with van der Waals surface area (Å²) >= 11 is 0. The predicted octanol–water partition coefficient (Wildman–Crippen LogP) is 2.49. The molecule has 0 aromatic heterocycles. The Balaban J connectivity index is 1.89. The van der Waals surface area contributed by atoms with Crippen LogP contribution < -0.4 is 5.32 Å². The van der Waals surface area contributed by atoms with Crippen LogP contribution in [0.15, 0.2) is 24.3 Å². The standard InChI is InChI=1S/C17H20N2O3/c1-13-7-3-4-8-14(13)16(21)22-11-15(20)19-17(12-18)9-5-2-6-10-17/h3-4,7-8H,2,5-6,9-11H2,1H3,(H,19,20). The second-order valence-corrected chi connectivity index (χ2v) is 5.69. The lowest BCUT2D eigenvalue weighted by molar-refractivity contribution is -0.125. The number of hydrogen-bond acceptors (Lipinski definition) is 4. The van der Waals surface area contributed by atoms with Crippen molar-refractivity contribution in [3.8, 4) is 6.07 Å². The van der Waals surface area contributed by atoms with Gasteiger partial charge in [0.05, 0.1) is 11.6 Å². The Hall–Kier alpha value is -2.35. The van der Waals surface area contributed by atoms with Crippen molar-refractivity contribution < 1.29 is 14.3 Å². The van der Waals surface area contributed by atoms with Crippen molar-refractivity contribution in [3.63, 3.8) is 0 Å². The highest BCUT2D eigenvalue weighted by Crippen LogP contribution is 2.27. The van der Waals surface area contributed by atoms with Gasteiger partial charge in [0.15, 0.2) is 6.61 Å². The molecule has 0 saturated heterocycles. The number of esters is 1. The van der Waals surface area contributed by atoms with Crippen molar-refractivity contribution in [3.05, 3.63) is 35.4 Å². The zero-order valence-electron chi connectivity index (χ0n) is 12.7. The third-order valence-electron chi connectivity index (χ3n) is 4.00. The van der Waals surface area contributed by atoms with Crippen LogP contribution in [-0.4, -0.2) is 24.0 Å². The predicted molar refractivity (Wildman–Crippen MR) is 81.0 cm³/mol. The van der Waals surface area contributed by atoms with E-state index in [1.807, 2.05) is 19.1 Å². The first-order chi connectivity index (χ1) is 10.6. The summed E-state index contributed by atoms with van der Waals surface area (Å²) in [6.07, 6.45) is 4.25. The first kappa shape index (κ1) is 16.0. The van der Waals surface area contributed by atoms with E-state index in [2.05, 4.69) is 11.4 Å². The summed E-state index contributed by atoms with van der Waals surface area (Å²) in [6, 6.07) is 9.25. The van der Waals surface area contributed by atoms with Gasteiger partial charge in [-0.15, -0.1) is 0 Å². The van der Waals surface area contributed by atoms with Crippen molar-refractivity contribution in [1.29, 1.82) is 5.26 Å². The molecular weight excluding hydrogens is 280 g/mol. The largest absolute Gasteiger partial charge is 0.452 e. The van der Waals surface area contributed by atoms with Crippen molar-refractivity contribution in [2.45, 2.75) is 44.6 Å². The number of aryl methyl sites for hydroxylation is 1. The van der Waals surface area contributed by atoms with Gasteiger partial charge >= 0.3 is 5.97 Å². The Morgan fingerprint density at radius 3 is 2.59 bits per heavy atom. The van der Waals surface area contributed by atoms with Crippen LogP contribution in [0, 0.1) is 18.3 Å². The molecular formula is C17H20N2O3. The van der Waals surface area contributed by atoms with Crippen molar-refractivity contribution in [1.82, 2.24) is 5.32 Å². The second-order valence-electron chi connectivity index (χ2n) is 5.69. The molecule has 2 rings (SSSR count). The fourth-order valence-corrected chi connectivity index (χ4v) is 2.73. The molecule has 5 heteroatoms. The van der Waals surface area contributed by atoms with E-state index in [0.717, 1.165) is 24.8 Å². The maximum atomic E-state index is 12.0. The highest BCUT2D eigenvalue weighted by Gasteiger charge is 2.33. The molecule has 0 atom stereocenters. The highest BCUT2D eigenvalue weighted by atomic mass is 16.5. The number of benzene rings is 1. The van der Waals surface area contributed by atoms with Crippen LogP contribution >= 0.6 is 0 Å². The van der Waals surface area contributed by atoms with Gasteiger partial charge in [0.2, 0.25) is 0 Å². The Morgan fingerprint density at radius 1 is 1.27 bits per heavy atom. The Labute approximate surface area is 130 Å². The summed E-state index contributed by atoms with van der Waals surface area (Å²) in [7, 11) is 0. The summed E-state index contributed by atoms with van der Waals surface area (Å²) in [6.45, 7) is 1.44. The van der Waals surface area contributed by atoms with E-state index < -0.39 is 17.4 Å². The fourth-order valence-electron chi connectivity index (χ4n) is 2.73. The lowest BCUT2D eigenvalue weighted by atomic mass is 9.83. The molecule has 0 aliphatic heterocycles. The molecule has 1 N–H and O–H groups in total. The SMILES string of the molecule is Cc1ccccc1C(=O)OCC(=O)NC1(C#N)CCCCC1. The molecule has 1 aromatic carbocycles. The van der Waals surface area contributed by atoms with E-state index in [-0.39, 0.29) is 6.61 Å². The van der Waals surface area contributed by atoms with Gasteiger partial charge in [0.1, 0.15) is 5.54 Å².